The molecule has 0 saturated heterocycles. The van der Waals surface area contributed by atoms with E-state index in [1.54, 1.807) is 40.5 Å². The number of imidazole rings is 2. The van der Waals surface area contributed by atoms with E-state index in [0.717, 1.165) is 44.9 Å². The Bertz CT molecular complexity index is 2490. The number of nitriles is 1. The molecule has 0 bridgehead atoms. The number of benzene rings is 3. The number of aliphatic imine (C=N–C) groups is 2. The third kappa shape index (κ3) is 12.6. The van der Waals surface area contributed by atoms with E-state index in [1.807, 2.05) is 131 Å². The second-order valence-electron chi connectivity index (χ2n) is 13.0. The molecule has 0 amide bonds. The molecule has 1 unspecified atom stereocenters. The molecule has 0 spiro atoms. The van der Waals surface area contributed by atoms with Gasteiger partial charge in [0.1, 0.15) is 17.7 Å². The van der Waals surface area contributed by atoms with Crippen LogP contribution in [0.2, 0.25) is 0 Å². The van der Waals surface area contributed by atoms with E-state index in [2.05, 4.69) is 65.8 Å². The van der Waals surface area contributed by atoms with Gasteiger partial charge in [0, 0.05) is 37.7 Å². The van der Waals surface area contributed by atoms with Gasteiger partial charge in [-0.25, -0.2) is 9.78 Å². The number of aromatic amines is 1. The van der Waals surface area contributed by atoms with Crippen molar-refractivity contribution in [3.63, 3.8) is 0 Å². The lowest BCUT2D eigenvalue weighted by Gasteiger charge is -2.19. The lowest BCUT2D eigenvalue weighted by atomic mass is 10.1. The van der Waals surface area contributed by atoms with Crippen LogP contribution in [0.15, 0.2) is 130 Å². The van der Waals surface area contributed by atoms with Gasteiger partial charge in [-0.2, -0.15) is 5.26 Å². The van der Waals surface area contributed by atoms with Crippen molar-refractivity contribution in [3.8, 4) is 18.2 Å². The summed E-state index contributed by atoms with van der Waals surface area (Å²) in [6.45, 7) is 14.7. The number of fused-ring (bicyclic) bond motifs is 2. The molecule has 0 radical (unpaired) electrons. The van der Waals surface area contributed by atoms with Gasteiger partial charge in [0.05, 0.1) is 72.1 Å². The first-order valence-electron chi connectivity index (χ1n) is 19.1. The highest BCUT2D eigenvalue weighted by Crippen LogP contribution is 2.26. The molecule has 14 heteroatoms. The van der Waals surface area contributed by atoms with Gasteiger partial charge in [0.15, 0.2) is 0 Å². The molecule has 0 fully saturated rings. The Kier molecular flexibility index (Phi) is 17.0. The number of hydrogen-bond donors (Lipinski definition) is 5. The van der Waals surface area contributed by atoms with E-state index in [0.29, 0.717) is 24.3 Å². The highest BCUT2D eigenvalue weighted by molar-refractivity contribution is 5.85. The molecule has 0 saturated carbocycles. The summed E-state index contributed by atoms with van der Waals surface area (Å²) in [5, 5.41) is 25.5. The van der Waals surface area contributed by atoms with Gasteiger partial charge in [-0.3, -0.25) is 29.8 Å². The molecular formula is C45H51N13O. The molecule has 0 aliphatic carbocycles. The van der Waals surface area contributed by atoms with Crippen LogP contribution in [0.4, 0.5) is 17.2 Å². The number of anilines is 2. The predicted molar refractivity (Wildman–Crippen MR) is 240 cm³/mol. The molecule has 3 aromatic carbocycles. The minimum atomic E-state index is -0.209. The normalized spacial score (nSPS) is 12.5. The number of H-pyrrole nitrogens is 1. The first kappa shape index (κ1) is 44.0. The van der Waals surface area contributed by atoms with Crippen LogP contribution in [0.3, 0.4) is 0 Å². The SMILES string of the molecule is C=Nc1ccccc1NC1CNc2c([nH]c(=O)n2[C@H](C)c2ccccc2)C=N1.CC.CC(C)=CNC#CN(C=N)Cc1cccnc1.Cn1cnc2ccc(C#N)cc21. The van der Waals surface area contributed by atoms with Crippen molar-refractivity contribution in [2.24, 2.45) is 17.0 Å². The quantitative estimate of drug-likeness (QED) is 0.0426. The maximum Gasteiger partial charge on any atom is 0.328 e. The Morgan fingerprint density at radius 1 is 1.12 bits per heavy atom. The molecule has 5 N–H and O–H groups in total. The van der Waals surface area contributed by atoms with E-state index in [1.165, 1.54) is 6.34 Å². The van der Waals surface area contributed by atoms with Crippen LogP contribution in [0.1, 0.15) is 63.0 Å². The first-order chi connectivity index (χ1) is 28.7. The smallest absolute Gasteiger partial charge is 0.328 e. The molecule has 302 valence electrons. The van der Waals surface area contributed by atoms with Crippen molar-refractivity contribution >= 4 is 47.5 Å². The molecule has 1 aliphatic heterocycles. The number of nitrogens with one attached hydrogen (secondary N) is 5. The van der Waals surface area contributed by atoms with Crippen LogP contribution in [0, 0.1) is 28.8 Å². The molecule has 4 heterocycles. The Balaban J connectivity index is 0.000000211. The van der Waals surface area contributed by atoms with Crippen LogP contribution in [0.25, 0.3) is 11.0 Å². The summed E-state index contributed by atoms with van der Waals surface area (Å²) in [5.74, 6) is 0.740. The molecule has 1 aliphatic rings. The average Bonchev–Trinajstić information content (AvgIpc) is 3.74. The van der Waals surface area contributed by atoms with Gasteiger partial charge >= 0.3 is 5.69 Å². The maximum absolute atomic E-state index is 12.6. The fourth-order valence-corrected chi connectivity index (χ4v) is 5.69. The molecular weight excluding hydrogens is 739 g/mol. The highest BCUT2D eigenvalue weighted by atomic mass is 16.1. The van der Waals surface area contributed by atoms with E-state index in [-0.39, 0.29) is 17.9 Å². The number of hydrogen-bond acceptors (Lipinski definition) is 10. The zero-order chi connectivity index (χ0) is 42.6. The predicted octanol–water partition coefficient (Wildman–Crippen LogP) is 7.79. The Morgan fingerprint density at radius 3 is 2.58 bits per heavy atom. The number of aromatic nitrogens is 5. The first-order valence-corrected chi connectivity index (χ1v) is 19.1. The van der Waals surface area contributed by atoms with Gasteiger partial charge in [-0.15, -0.1) is 0 Å². The number of para-hydroxylation sites is 2. The third-order valence-electron chi connectivity index (χ3n) is 8.59. The monoisotopic (exact) mass is 789 g/mol. The Labute approximate surface area is 345 Å². The maximum atomic E-state index is 12.6. The van der Waals surface area contributed by atoms with Crippen molar-refractivity contribution in [1.82, 2.24) is 34.3 Å². The van der Waals surface area contributed by atoms with Gasteiger partial charge < -0.3 is 25.5 Å². The number of allylic oxidation sites excluding steroid dienone is 1. The summed E-state index contributed by atoms with van der Waals surface area (Å²) in [7, 11) is 1.91. The molecule has 2 atom stereocenters. The highest BCUT2D eigenvalue weighted by Gasteiger charge is 2.22. The topological polar surface area (TPSA) is 180 Å². The fraction of sp³-hybridized carbons (Fsp3) is 0.222. The molecule has 7 rings (SSSR count). The third-order valence-corrected chi connectivity index (χ3v) is 8.59. The molecule has 59 heavy (non-hydrogen) atoms. The van der Waals surface area contributed by atoms with Crippen LogP contribution in [-0.2, 0) is 13.6 Å². The second kappa shape index (κ2) is 22.7. The number of aryl methyl sites for hydroxylation is 1. The minimum Gasteiger partial charge on any atom is -0.366 e. The largest absolute Gasteiger partial charge is 0.366 e. The standard InChI is InChI=1S/C21H22N6O.C13H16N4.C9H7N3.C2H6/c1-14(15-8-4-3-5-9-15)27-20-18(26-21(27)28)12-23-19(13-24-20)25-17-11-7-6-10-16(17)22-2;1-12(2)8-16-6-7-17(11-14)10-13-4-3-5-15-9-13;1-12-6-11-8-3-2-7(5-10)4-9(8)12;1-2/h3-12,14,19,24-25H,2,13H2,1H3,(H,26,28);3-5,8-9,11,14,16H,10H2,1-2H3;2-4,6H,1H3;1-2H3/t14-,19?;;;/m1.../s1. The van der Waals surface area contributed by atoms with Gasteiger partial charge in [-0.05, 0) is 75.0 Å². The van der Waals surface area contributed by atoms with Gasteiger partial charge in [-0.1, -0.05) is 68.0 Å². The summed E-state index contributed by atoms with van der Waals surface area (Å²) in [4.78, 5) is 33.8. The summed E-state index contributed by atoms with van der Waals surface area (Å²) < 4.78 is 3.63. The van der Waals surface area contributed by atoms with Gasteiger partial charge in [0.25, 0.3) is 0 Å². The van der Waals surface area contributed by atoms with Crippen LogP contribution in [0.5, 0.6) is 0 Å². The average molecular weight is 790 g/mol. The van der Waals surface area contributed by atoms with Crippen molar-refractivity contribution in [1.29, 1.82) is 10.7 Å². The van der Waals surface area contributed by atoms with E-state index in [9.17, 15) is 4.79 Å². The minimum absolute atomic E-state index is 0.107. The van der Waals surface area contributed by atoms with Gasteiger partial charge in [0.2, 0.25) is 0 Å². The number of pyridine rings is 1. The lowest BCUT2D eigenvalue weighted by Crippen LogP contribution is -2.28. The lowest BCUT2D eigenvalue weighted by molar-refractivity contribution is 0.592. The molecule has 3 aromatic heterocycles. The summed E-state index contributed by atoms with van der Waals surface area (Å²) in [6, 6.07) is 34.5. The number of rotatable bonds is 9. The summed E-state index contributed by atoms with van der Waals surface area (Å²) in [6.07, 6.45) is 9.74. The summed E-state index contributed by atoms with van der Waals surface area (Å²) in [5.41, 5.74) is 7.98. The van der Waals surface area contributed by atoms with Crippen molar-refractivity contribution in [2.75, 3.05) is 17.2 Å². The second-order valence-corrected chi connectivity index (χ2v) is 13.0. The summed E-state index contributed by atoms with van der Waals surface area (Å²) >= 11 is 0. The van der Waals surface area contributed by atoms with Crippen molar-refractivity contribution in [2.45, 2.75) is 53.4 Å². The zero-order valence-corrected chi connectivity index (χ0v) is 34.3. The number of nitrogens with zero attached hydrogens (tertiary/aromatic N) is 8. The van der Waals surface area contributed by atoms with Crippen LogP contribution < -0.4 is 21.6 Å². The van der Waals surface area contributed by atoms with E-state index < -0.39 is 0 Å². The van der Waals surface area contributed by atoms with Crippen LogP contribution >= 0.6 is 0 Å². The van der Waals surface area contributed by atoms with E-state index in [4.69, 9.17) is 10.7 Å². The molecule has 14 nitrogen and oxygen atoms in total. The molecule has 6 aromatic rings. The zero-order valence-electron chi connectivity index (χ0n) is 34.3. The fourth-order valence-electron chi connectivity index (χ4n) is 5.69. The van der Waals surface area contributed by atoms with E-state index >= 15 is 0 Å². The van der Waals surface area contributed by atoms with Crippen molar-refractivity contribution < 1.29 is 0 Å². The Morgan fingerprint density at radius 2 is 1.88 bits per heavy atom. The van der Waals surface area contributed by atoms with Crippen molar-refractivity contribution in [3.05, 3.63) is 148 Å². The Hall–Kier alpha value is -7.71. The van der Waals surface area contributed by atoms with Crippen LogP contribution in [-0.4, -0.2) is 61.0 Å².